The van der Waals surface area contributed by atoms with E-state index in [0.717, 1.165) is 6.07 Å². The Hall–Kier alpha value is -2.91. The topological polar surface area (TPSA) is 57.5 Å². The van der Waals surface area contributed by atoms with Crippen molar-refractivity contribution in [1.29, 1.82) is 0 Å². The van der Waals surface area contributed by atoms with Crippen molar-refractivity contribution in [2.75, 3.05) is 13.1 Å². The van der Waals surface area contributed by atoms with Crippen molar-refractivity contribution in [2.45, 2.75) is 55.0 Å². The molecule has 190 valence electrons. The second-order valence-electron chi connectivity index (χ2n) is 10.2. The van der Waals surface area contributed by atoms with Gasteiger partial charge in [-0.25, -0.2) is 0 Å². The first kappa shape index (κ1) is 24.8. The largest absolute Gasteiger partial charge is 0.611 e. The monoisotopic (exact) mass is 516 g/mol. The van der Waals surface area contributed by atoms with E-state index in [0.29, 0.717) is 53.5 Å². The molecule has 2 aromatic carbocycles. The molecule has 2 aliphatic heterocycles. The summed E-state index contributed by atoms with van der Waals surface area (Å²) in [6.07, 6.45) is -3.79. The highest BCUT2D eigenvalue weighted by Gasteiger charge is 2.48. The number of halogens is 3. The quantitative estimate of drug-likeness (QED) is 0.397. The number of amides is 1. The Morgan fingerprint density at radius 1 is 0.972 bits per heavy atom. The number of alkyl halides is 3. The third kappa shape index (κ3) is 4.18. The van der Waals surface area contributed by atoms with Gasteiger partial charge in [0.05, 0.1) is 11.4 Å². The van der Waals surface area contributed by atoms with E-state index in [1.807, 2.05) is 20.8 Å². The van der Waals surface area contributed by atoms with Crippen LogP contribution in [0.15, 0.2) is 65.6 Å². The number of para-hydroxylation sites is 2. The average molecular weight is 517 g/mol. The molecule has 1 unspecified atom stereocenters. The minimum atomic E-state index is -4.51. The lowest BCUT2D eigenvalue weighted by Gasteiger charge is -2.45. The molecule has 1 fully saturated rings. The van der Waals surface area contributed by atoms with E-state index >= 15 is 0 Å². The summed E-state index contributed by atoms with van der Waals surface area (Å²) in [4.78, 5) is 15.5. The predicted octanol–water partition coefficient (Wildman–Crippen LogP) is 5.93. The van der Waals surface area contributed by atoms with Gasteiger partial charge >= 0.3 is 6.18 Å². The van der Waals surface area contributed by atoms with Gasteiger partial charge in [-0.15, -0.1) is 0 Å². The summed E-state index contributed by atoms with van der Waals surface area (Å²) in [7, 11) is 0. The summed E-state index contributed by atoms with van der Waals surface area (Å²) >= 11 is -1.20. The van der Waals surface area contributed by atoms with E-state index in [2.05, 4.69) is 0 Å². The summed E-state index contributed by atoms with van der Waals surface area (Å²) in [6, 6.07) is 16.1. The van der Waals surface area contributed by atoms with Gasteiger partial charge in [0.15, 0.2) is 10.5 Å². The van der Waals surface area contributed by atoms with Gasteiger partial charge in [0, 0.05) is 31.5 Å². The van der Waals surface area contributed by atoms with Crippen molar-refractivity contribution in [3.8, 4) is 11.4 Å². The van der Waals surface area contributed by atoms with Crippen LogP contribution in [-0.2, 0) is 23.0 Å². The number of aromatic nitrogens is 1. The second-order valence-corrected chi connectivity index (χ2v) is 12.4. The van der Waals surface area contributed by atoms with Gasteiger partial charge in [-0.1, -0.05) is 12.1 Å². The summed E-state index contributed by atoms with van der Waals surface area (Å²) < 4.78 is 61.3. The van der Waals surface area contributed by atoms with Crippen LogP contribution in [0, 0.1) is 0 Å². The smallest absolute Gasteiger partial charge is 0.431 e. The molecule has 0 saturated carbocycles. The van der Waals surface area contributed by atoms with Crippen LogP contribution in [-0.4, -0.2) is 37.8 Å². The SMILES string of the molecule is CC(C)(C)[S+]([O-])c1ccc(C(=O)N2CCC3(CC2)Oc2ccccc2-n2c(C(F)(F)F)ccc23)cc1. The number of piperidine rings is 1. The third-order valence-corrected chi connectivity index (χ3v) is 8.59. The molecular weight excluding hydrogens is 489 g/mol. The molecule has 5 nitrogen and oxygen atoms in total. The highest BCUT2D eigenvalue weighted by atomic mass is 32.2. The predicted molar refractivity (Wildman–Crippen MR) is 131 cm³/mol. The molecule has 0 N–H and O–H groups in total. The standard InChI is InChI=1S/C27H27F3N2O3S/c1-25(2,3)36(34)19-10-8-18(9-11-19)24(33)31-16-14-26(15-17-31)22-12-13-23(27(28,29)30)32(22)20-6-4-5-7-21(20)35-26/h4-13H,14-17H2,1-3H3. The van der Waals surface area contributed by atoms with Crippen LogP contribution < -0.4 is 4.74 Å². The van der Waals surface area contributed by atoms with Crippen LogP contribution in [0.3, 0.4) is 0 Å². The van der Waals surface area contributed by atoms with E-state index in [1.54, 1.807) is 53.4 Å². The number of carbonyl (C=O) groups excluding carboxylic acids is 1. The summed E-state index contributed by atoms with van der Waals surface area (Å²) in [5.41, 5.74) is -0.393. The molecule has 3 aromatic rings. The van der Waals surface area contributed by atoms with Crippen LogP contribution in [0.5, 0.6) is 5.75 Å². The molecule has 5 rings (SSSR count). The molecule has 0 radical (unpaired) electrons. The third-order valence-electron chi connectivity index (χ3n) is 6.78. The number of hydrogen-bond donors (Lipinski definition) is 0. The Balaban J connectivity index is 1.38. The lowest BCUT2D eigenvalue weighted by atomic mass is 9.86. The number of benzene rings is 2. The van der Waals surface area contributed by atoms with Crippen LogP contribution in [0.1, 0.15) is 55.4 Å². The fraction of sp³-hybridized carbons (Fsp3) is 0.370. The number of ether oxygens (including phenoxy) is 1. The Kier molecular flexibility index (Phi) is 5.91. The van der Waals surface area contributed by atoms with Crippen molar-refractivity contribution < 1.29 is 27.3 Å². The van der Waals surface area contributed by atoms with Gasteiger partial charge in [0.2, 0.25) is 0 Å². The highest BCUT2D eigenvalue weighted by Crippen LogP contribution is 2.48. The number of hydrogen-bond acceptors (Lipinski definition) is 3. The van der Waals surface area contributed by atoms with Crippen LogP contribution in [0.25, 0.3) is 5.69 Å². The van der Waals surface area contributed by atoms with Crippen LogP contribution >= 0.6 is 0 Å². The Morgan fingerprint density at radius 3 is 2.22 bits per heavy atom. The molecule has 1 amide bonds. The fourth-order valence-electron chi connectivity index (χ4n) is 4.95. The lowest BCUT2D eigenvalue weighted by Crippen LogP contribution is -2.50. The van der Waals surface area contributed by atoms with Crippen LogP contribution in [0.2, 0.25) is 0 Å². The van der Waals surface area contributed by atoms with E-state index in [9.17, 15) is 22.5 Å². The van der Waals surface area contributed by atoms with Crippen molar-refractivity contribution in [1.82, 2.24) is 9.47 Å². The van der Waals surface area contributed by atoms with E-state index in [-0.39, 0.29) is 5.91 Å². The first-order valence-corrected chi connectivity index (χ1v) is 12.9. The Morgan fingerprint density at radius 2 is 1.61 bits per heavy atom. The molecule has 1 saturated heterocycles. The van der Waals surface area contributed by atoms with Gasteiger partial charge < -0.3 is 18.8 Å². The zero-order valence-electron chi connectivity index (χ0n) is 20.3. The second kappa shape index (κ2) is 8.59. The maximum atomic E-state index is 13.8. The Bertz CT molecular complexity index is 1290. The molecular formula is C27H27F3N2O3S. The summed E-state index contributed by atoms with van der Waals surface area (Å²) in [6.45, 7) is 6.36. The van der Waals surface area contributed by atoms with Gasteiger partial charge in [-0.2, -0.15) is 13.2 Å². The first-order valence-electron chi connectivity index (χ1n) is 11.8. The maximum absolute atomic E-state index is 13.8. The summed E-state index contributed by atoms with van der Waals surface area (Å²) in [5, 5.41) is 0. The first-order chi connectivity index (χ1) is 16.9. The lowest BCUT2D eigenvalue weighted by molar-refractivity contribution is -0.143. The number of fused-ring (bicyclic) bond motifs is 4. The van der Waals surface area contributed by atoms with Gasteiger partial charge in [0.1, 0.15) is 16.2 Å². The van der Waals surface area contributed by atoms with E-state index < -0.39 is 33.4 Å². The molecule has 0 bridgehead atoms. The number of carbonyl (C=O) groups is 1. The fourth-order valence-corrected chi connectivity index (χ4v) is 6.04. The minimum Gasteiger partial charge on any atom is -0.611 e. The molecule has 3 heterocycles. The number of likely N-dealkylation sites (tertiary alicyclic amines) is 1. The number of nitrogens with zero attached hydrogens (tertiary/aromatic N) is 2. The normalized spacial score (nSPS) is 17.8. The minimum absolute atomic E-state index is 0.166. The molecule has 0 aliphatic carbocycles. The maximum Gasteiger partial charge on any atom is 0.431 e. The zero-order valence-corrected chi connectivity index (χ0v) is 21.1. The van der Waals surface area contributed by atoms with Crippen molar-refractivity contribution in [2.24, 2.45) is 0 Å². The summed E-state index contributed by atoms with van der Waals surface area (Å²) in [5.74, 6) is 0.231. The Labute approximate surface area is 211 Å². The van der Waals surface area contributed by atoms with Crippen LogP contribution in [0.4, 0.5) is 13.2 Å². The van der Waals surface area contributed by atoms with E-state index in [4.69, 9.17) is 4.74 Å². The molecule has 36 heavy (non-hydrogen) atoms. The van der Waals surface area contributed by atoms with Crippen molar-refractivity contribution >= 4 is 17.1 Å². The van der Waals surface area contributed by atoms with Gasteiger partial charge in [0.25, 0.3) is 5.91 Å². The van der Waals surface area contributed by atoms with Crippen molar-refractivity contribution in [3.05, 3.63) is 77.6 Å². The number of rotatable bonds is 2. The molecule has 9 heteroatoms. The molecule has 1 spiro atoms. The molecule has 2 aliphatic rings. The highest BCUT2D eigenvalue weighted by molar-refractivity contribution is 7.92. The van der Waals surface area contributed by atoms with Crippen molar-refractivity contribution in [3.63, 3.8) is 0 Å². The zero-order chi connectivity index (χ0) is 25.9. The van der Waals surface area contributed by atoms with Gasteiger partial charge in [-0.3, -0.25) is 4.79 Å². The molecule has 1 atom stereocenters. The van der Waals surface area contributed by atoms with Gasteiger partial charge in [-0.05, 0) is 80.5 Å². The molecule has 1 aromatic heterocycles. The van der Waals surface area contributed by atoms with E-state index in [1.165, 1.54) is 10.6 Å². The average Bonchev–Trinajstić information content (AvgIpc) is 3.31.